The molecule has 3 nitrogen and oxygen atoms in total. The molecule has 0 saturated heterocycles. The predicted octanol–water partition coefficient (Wildman–Crippen LogP) is 4.81. The standard InChI is InChI=1S/C19H19N3/c1-13-8-10-16(11-9-13)18-12-19(21-15(3)20-18)22-17-7-5-4-6-14(17)2/h4-12H,1-3H3,(H,20,21,22). The van der Waals surface area contributed by atoms with E-state index in [0.717, 1.165) is 28.6 Å². The highest BCUT2D eigenvalue weighted by Gasteiger charge is 2.06. The Labute approximate surface area is 131 Å². The maximum atomic E-state index is 4.55. The molecule has 0 aliphatic heterocycles. The summed E-state index contributed by atoms with van der Waals surface area (Å²) >= 11 is 0. The minimum atomic E-state index is 0.758. The van der Waals surface area contributed by atoms with E-state index in [1.165, 1.54) is 11.1 Å². The Balaban J connectivity index is 1.96. The van der Waals surface area contributed by atoms with Crippen molar-refractivity contribution in [2.45, 2.75) is 20.8 Å². The number of rotatable bonds is 3. The van der Waals surface area contributed by atoms with Crippen LogP contribution in [-0.2, 0) is 0 Å². The molecule has 0 spiro atoms. The molecule has 0 aliphatic rings. The highest BCUT2D eigenvalue weighted by Crippen LogP contribution is 2.23. The first-order chi connectivity index (χ1) is 10.6. The summed E-state index contributed by atoms with van der Waals surface area (Å²) in [7, 11) is 0. The minimum Gasteiger partial charge on any atom is -0.340 e. The lowest BCUT2D eigenvalue weighted by Gasteiger charge is -2.11. The second-order valence-corrected chi connectivity index (χ2v) is 5.49. The molecular formula is C19H19N3. The first-order valence-electron chi connectivity index (χ1n) is 7.37. The lowest BCUT2D eigenvalue weighted by atomic mass is 10.1. The van der Waals surface area contributed by atoms with E-state index in [0.29, 0.717) is 0 Å². The van der Waals surface area contributed by atoms with Gasteiger partial charge in [0.25, 0.3) is 0 Å². The monoisotopic (exact) mass is 289 g/mol. The number of aromatic nitrogens is 2. The normalized spacial score (nSPS) is 10.5. The van der Waals surface area contributed by atoms with Gasteiger partial charge in [0.05, 0.1) is 5.69 Å². The van der Waals surface area contributed by atoms with Crippen molar-refractivity contribution in [1.82, 2.24) is 9.97 Å². The van der Waals surface area contributed by atoms with E-state index in [-0.39, 0.29) is 0 Å². The number of nitrogens with one attached hydrogen (secondary N) is 1. The van der Waals surface area contributed by atoms with E-state index in [1.54, 1.807) is 0 Å². The Morgan fingerprint density at radius 2 is 1.55 bits per heavy atom. The smallest absolute Gasteiger partial charge is 0.134 e. The topological polar surface area (TPSA) is 37.8 Å². The lowest BCUT2D eigenvalue weighted by Crippen LogP contribution is -2.00. The first-order valence-corrected chi connectivity index (χ1v) is 7.37. The molecule has 0 unspecified atom stereocenters. The molecule has 0 radical (unpaired) electrons. The number of nitrogens with zero attached hydrogens (tertiary/aromatic N) is 2. The molecular weight excluding hydrogens is 270 g/mol. The Kier molecular flexibility index (Phi) is 3.88. The van der Waals surface area contributed by atoms with Crippen LogP contribution in [0.2, 0.25) is 0 Å². The third-order valence-electron chi connectivity index (χ3n) is 3.59. The van der Waals surface area contributed by atoms with Crippen molar-refractivity contribution in [3.63, 3.8) is 0 Å². The van der Waals surface area contributed by atoms with Gasteiger partial charge in [-0.3, -0.25) is 0 Å². The lowest BCUT2D eigenvalue weighted by molar-refractivity contribution is 1.06. The van der Waals surface area contributed by atoms with E-state index >= 15 is 0 Å². The molecule has 0 atom stereocenters. The summed E-state index contributed by atoms with van der Waals surface area (Å²) in [6, 6.07) is 18.6. The van der Waals surface area contributed by atoms with Crippen LogP contribution in [0.15, 0.2) is 54.6 Å². The van der Waals surface area contributed by atoms with Gasteiger partial charge < -0.3 is 5.32 Å². The maximum absolute atomic E-state index is 4.55. The van der Waals surface area contributed by atoms with Gasteiger partial charge >= 0.3 is 0 Å². The summed E-state index contributed by atoms with van der Waals surface area (Å²) in [5.41, 5.74) is 5.53. The van der Waals surface area contributed by atoms with Crippen molar-refractivity contribution in [1.29, 1.82) is 0 Å². The van der Waals surface area contributed by atoms with E-state index in [2.05, 4.69) is 65.5 Å². The molecule has 110 valence electrons. The zero-order chi connectivity index (χ0) is 15.5. The van der Waals surface area contributed by atoms with Gasteiger partial charge in [-0.05, 0) is 32.4 Å². The molecule has 3 heteroatoms. The average molecular weight is 289 g/mol. The van der Waals surface area contributed by atoms with Crippen LogP contribution in [0.1, 0.15) is 17.0 Å². The van der Waals surface area contributed by atoms with Gasteiger partial charge in [-0.2, -0.15) is 0 Å². The Hall–Kier alpha value is -2.68. The minimum absolute atomic E-state index is 0.758. The summed E-state index contributed by atoms with van der Waals surface area (Å²) < 4.78 is 0. The van der Waals surface area contributed by atoms with Crippen LogP contribution in [0.4, 0.5) is 11.5 Å². The van der Waals surface area contributed by atoms with Gasteiger partial charge in [0.2, 0.25) is 0 Å². The van der Waals surface area contributed by atoms with Crippen molar-refractivity contribution in [3.8, 4) is 11.3 Å². The van der Waals surface area contributed by atoms with E-state index in [4.69, 9.17) is 0 Å². The van der Waals surface area contributed by atoms with Crippen molar-refractivity contribution >= 4 is 11.5 Å². The molecule has 0 bridgehead atoms. The number of benzene rings is 2. The number of anilines is 2. The zero-order valence-corrected chi connectivity index (χ0v) is 13.1. The quantitative estimate of drug-likeness (QED) is 0.751. The van der Waals surface area contributed by atoms with Crippen LogP contribution < -0.4 is 5.32 Å². The highest BCUT2D eigenvalue weighted by molar-refractivity contribution is 5.67. The summed E-state index contributed by atoms with van der Waals surface area (Å²) in [6.07, 6.45) is 0. The second kappa shape index (κ2) is 5.98. The number of hydrogen-bond acceptors (Lipinski definition) is 3. The van der Waals surface area contributed by atoms with Crippen molar-refractivity contribution in [2.75, 3.05) is 5.32 Å². The van der Waals surface area contributed by atoms with Gasteiger partial charge in [-0.15, -0.1) is 0 Å². The fourth-order valence-corrected chi connectivity index (χ4v) is 2.36. The zero-order valence-electron chi connectivity index (χ0n) is 13.1. The molecule has 3 aromatic rings. The molecule has 2 aromatic carbocycles. The molecule has 3 rings (SSSR count). The number of hydrogen-bond donors (Lipinski definition) is 1. The molecule has 22 heavy (non-hydrogen) atoms. The fourth-order valence-electron chi connectivity index (χ4n) is 2.36. The molecule has 1 heterocycles. The van der Waals surface area contributed by atoms with E-state index in [1.807, 2.05) is 25.1 Å². The highest BCUT2D eigenvalue weighted by atomic mass is 15.0. The molecule has 1 N–H and O–H groups in total. The number of aryl methyl sites for hydroxylation is 3. The van der Waals surface area contributed by atoms with Crippen molar-refractivity contribution in [2.24, 2.45) is 0 Å². The van der Waals surface area contributed by atoms with E-state index in [9.17, 15) is 0 Å². The van der Waals surface area contributed by atoms with Crippen LogP contribution in [0.25, 0.3) is 11.3 Å². The average Bonchev–Trinajstić information content (AvgIpc) is 2.50. The van der Waals surface area contributed by atoms with Crippen molar-refractivity contribution < 1.29 is 0 Å². The first kappa shape index (κ1) is 14.3. The van der Waals surface area contributed by atoms with Gasteiger partial charge in [-0.1, -0.05) is 48.0 Å². The van der Waals surface area contributed by atoms with Gasteiger partial charge in [-0.25, -0.2) is 9.97 Å². The van der Waals surface area contributed by atoms with Crippen LogP contribution in [0.3, 0.4) is 0 Å². The van der Waals surface area contributed by atoms with Gasteiger partial charge in [0.1, 0.15) is 11.6 Å². The molecule has 0 aliphatic carbocycles. The van der Waals surface area contributed by atoms with Gasteiger partial charge in [0.15, 0.2) is 0 Å². The molecule has 1 aromatic heterocycles. The largest absolute Gasteiger partial charge is 0.340 e. The molecule has 0 amide bonds. The second-order valence-electron chi connectivity index (χ2n) is 5.49. The summed E-state index contributed by atoms with van der Waals surface area (Å²) in [5, 5.41) is 3.38. The van der Waals surface area contributed by atoms with Gasteiger partial charge in [0, 0.05) is 17.3 Å². The third kappa shape index (κ3) is 3.14. The SMILES string of the molecule is Cc1ccc(-c2cc(Nc3ccccc3C)nc(C)n2)cc1. The maximum Gasteiger partial charge on any atom is 0.134 e. The predicted molar refractivity (Wildman–Crippen MR) is 91.4 cm³/mol. The van der Waals surface area contributed by atoms with Crippen molar-refractivity contribution in [3.05, 3.63) is 71.5 Å². The summed E-state index contributed by atoms with van der Waals surface area (Å²) in [5.74, 6) is 1.58. The Morgan fingerprint density at radius 1 is 0.818 bits per heavy atom. The fraction of sp³-hybridized carbons (Fsp3) is 0.158. The van der Waals surface area contributed by atoms with Crippen LogP contribution >= 0.6 is 0 Å². The van der Waals surface area contributed by atoms with Crippen LogP contribution in [0, 0.1) is 20.8 Å². The summed E-state index contributed by atoms with van der Waals surface area (Å²) in [6.45, 7) is 6.08. The summed E-state index contributed by atoms with van der Waals surface area (Å²) in [4.78, 5) is 9.04. The molecule has 0 fully saturated rings. The Morgan fingerprint density at radius 3 is 2.27 bits per heavy atom. The van der Waals surface area contributed by atoms with E-state index < -0.39 is 0 Å². The molecule has 0 saturated carbocycles. The van der Waals surface area contributed by atoms with Crippen LogP contribution in [-0.4, -0.2) is 9.97 Å². The van der Waals surface area contributed by atoms with Crippen LogP contribution in [0.5, 0.6) is 0 Å². The number of para-hydroxylation sites is 1. The Bertz CT molecular complexity index is 792. The third-order valence-corrected chi connectivity index (χ3v) is 3.59.